The number of carbonyl (C=O) groups is 4. The van der Waals surface area contributed by atoms with Crippen LogP contribution in [0.1, 0.15) is 40.5 Å². The van der Waals surface area contributed by atoms with Gasteiger partial charge in [-0.3, -0.25) is 4.79 Å². The molecular formula is C23H30O8. The molecule has 0 aromatic heterocycles. The molecule has 0 saturated carbocycles. The third-order valence-corrected chi connectivity index (χ3v) is 4.51. The van der Waals surface area contributed by atoms with Crippen LogP contribution in [-0.2, 0) is 38.1 Å². The summed E-state index contributed by atoms with van der Waals surface area (Å²) in [7, 11) is 0. The molecule has 0 amide bonds. The molecule has 0 aliphatic carbocycles. The number of hydrogen-bond acceptors (Lipinski definition) is 8. The molecule has 0 aromatic carbocycles. The predicted molar refractivity (Wildman–Crippen MR) is 113 cm³/mol. The van der Waals surface area contributed by atoms with Crippen molar-refractivity contribution in [3.63, 3.8) is 0 Å². The van der Waals surface area contributed by atoms with Crippen LogP contribution in [0.3, 0.4) is 0 Å². The summed E-state index contributed by atoms with van der Waals surface area (Å²) in [4.78, 5) is 48.6. The highest BCUT2D eigenvalue weighted by Crippen LogP contribution is 2.32. The van der Waals surface area contributed by atoms with Crippen LogP contribution < -0.4 is 0 Å². The molecule has 0 radical (unpaired) electrons. The number of rotatable bonds is 10. The summed E-state index contributed by atoms with van der Waals surface area (Å²) in [6, 6.07) is 0. The van der Waals surface area contributed by atoms with E-state index >= 15 is 0 Å². The van der Waals surface area contributed by atoms with E-state index in [4.69, 9.17) is 18.9 Å². The lowest BCUT2D eigenvalue weighted by molar-refractivity contribution is -0.252. The van der Waals surface area contributed by atoms with Crippen LogP contribution in [0, 0.1) is 5.92 Å². The number of ether oxygens (including phenoxy) is 4. The standard InChI is InChI=1S/C23H30O8/c1-12(2)17(24)10-9-16-19(30-21(26)14(5)6)18(29-20(25)13(3)4)11-28-23(16)31-22(27)15(7)8/h16,18-19,23H,1,3,5,7,9-11H2,2,4,6,8H3/t16-,18+,19-,23?/m0/s1. The normalized spacial score (nSPS) is 22.6. The van der Waals surface area contributed by atoms with Crippen molar-refractivity contribution in [1.29, 1.82) is 0 Å². The van der Waals surface area contributed by atoms with Gasteiger partial charge < -0.3 is 18.9 Å². The lowest BCUT2D eigenvalue weighted by Gasteiger charge is -2.41. The predicted octanol–water partition coefficient (Wildman–Crippen LogP) is 2.98. The summed E-state index contributed by atoms with van der Waals surface area (Å²) >= 11 is 0. The van der Waals surface area contributed by atoms with Crippen LogP contribution in [0.4, 0.5) is 0 Å². The molecule has 0 bridgehead atoms. The Hall–Kier alpha value is -3.00. The molecule has 0 spiro atoms. The van der Waals surface area contributed by atoms with Gasteiger partial charge in [0.25, 0.3) is 0 Å². The highest BCUT2D eigenvalue weighted by atomic mass is 16.7. The minimum Gasteiger partial charge on any atom is -0.454 e. The summed E-state index contributed by atoms with van der Waals surface area (Å²) in [6.07, 6.45) is -3.05. The van der Waals surface area contributed by atoms with E-state index in [-0.39, 0.29) is 42.0 Å². The Morgan fingerprint density at radius 2 is 1.26 bits per heavy atom. The maximum Gasteiger partial charge on any atom is 0.335 e. The first-order valence-electron chi connectivity index (χ1n) is 9.74. The summed E-state index contributed by atoms with van der Waals surface area (Å²) in [6.45, 7) is 20.0. The fourth-order valence-corrected chi connectivity index (χ4v) is 2.70. The van der Waals surface area contributed by atoms with Crippen LogP contribution in [0.2, 0.25) is 0 Å². The Morgan fingerprint density at radius 3 is 1.74 bits per heavy atom. The van der Waals surface area contributed by atoms with Crippen molar-refractivity contribution in [2.75, 3.05) is 6.61 Å². The molecular weight excluding hydrogens is 404 g/mol. The fraction of sp³-hybridized carbons (Fsp3) is 0.478. The van der Waals surface area contributed by atoms with Crippen molar-refractivity contribution in [2.24, 2.45) is 5.92 Å². The van der Waals surface area contributed by atoms with E-state index in [9.17, 15) is 19.2 Å². The average molecular weight is 434 g/mol. The number of ketones is 1. The molecule has 1 heterocycles. The second kappa shape index (κ2) is 11.4. The van der Waals surface area contributed by atoms with E-state index < -0.39 is 42.3 Å². The monoisotopic (exact) mass is 434 g/mol. The molecule has 31 heavy (non-hydrogen) atoms. The number of allylic oxidation sites excluding steroid dienone is 1. The second-order valence-electron chi connectivity index (χ2n) is 7.67. The Kier molecular flexibility index (Phi) is 9.58. The van der Waals surface area contributed by atoms with Crippen molar-refractivity contribution < 1.29 is 38.1 Å². The molecule has 1 aliphatic rings. The zero-order valence-electron chi connectivity index (χ0n) is 18.5. The topological polar surface area (TPSA) is 105 Å². The van der Waals surface area contributed by atoms with E-state index in [2.05, 4.69) is 26.3 Å². The van der Waals surface area contributed by atoms with Gasteiger partial charge in [0, 0.05) is 23.1 Å². The SMILES string of the molecule is C=C(C)C(=O)CC[C@@H]1C(OC(=O)C(=C)C)OC[C@@H](OC(=O)C(=C)C)[C@H]1OC(=O)C(=C)C. The van der Waals surface area contributed by atoms with E-state index in [0.717, 1.165) is 0 Å². The number of hydrogen-bond donors (Lipinski definition) is 0. The third kappa shape index (κ3) is 7.64. The van der Waals surface area contributed by atoms with Gasteiger partial charge in [0.15, 0.2) is 18.0 Å². The van der Waals surface area contributed by atoms with Crippen LogP contribution in [0.25, 0.3) is 0 Å². The molecule has 8 heteroatoms. The zero-order valence-corrected chi connectivity index (χ0v) is 18.5. The maximum atomic E-state index is 12.3. The van der Waals surface area contributed by atoms with Gasteiger partial charge in [-0.2, -0.15) is 0 Å². The lowest BCUT2D eigenvalue weighted by atomic mass is 9.88. The first-order chi connectivity index (χ1) is 14.3. The number of carbonyl (C=O) groups excluding carboxylic acids is 4. The Bertz CT molecular complexity index is 806. The van der Waals surface area contributed by atoms with Crippen LogP contribution >= 0.6 is 0 Å². The second-order valence-corrected chi connectivity index (χ2v) is 7.67. The molecule has 4 atom stereocenters. The zero-order chi connectivity index (χ0) is 23.9. The first-order valence-corrected chi connectivity index (χ1v) is 9.74. The Balaban J connectivity index is 3.27. The molecule has 170 valence electrons. The van der Waals surface area contributed by atoms with Crippen molar-refractivity contribution in [1.82, 2.24) is 0 Å². The van der Waals surface area contributed by atoms with Gasteiger partial charge in [-0.15, -0.1) is 0 Å². The van der Waals surface area contributed by atoms with Crippen molar-refractivity contribution in [3.05, 3.63) is 48.6 Å². The highest BCUT2D eigenvalue weighted by Gasteiger charge is 2.46. The highest BCUT2D eigenvalue weighted by molar-refractivity contribution is 5.94. The van der Waals surface area contributed by atoms with Gasteiger partial charge >= 0.3 is 17.9 Å². The molecule has 1 rings (SSSR count). The van der Waals surface area contributed by atoms with Crippen LogP contribution in [-0.4, -0.2) is 48.8 Å². The van der Waals surface area contributed by atoms with Crippen LogP contribution in [0.15, 0.2) is 48.6 Å². The number of esters is 3. The van der Waals surface area contributed by atoms with E-state index in [0.29, 0.717) is 5.57 Å². The van der Waals surface area contributed by atoms with Gasteiger partial charge in [0.05, 0.1) is 12.5 Å². The smallest absolute Gasteiger partial charge is 0.335 e. The lowest BCUT2D eigenvalue weighted by Crippen LogP contribution is -2.54. The van der Waals surface area contributed by atoms with Gasteiger partial charge in [0.2, 0.25) is 6.29 Å². The number of Topliss-reactive ketones (excluding diaryl/α,β-unsaturated/α-hetero) is 1. The quantitative estimate of drug-likeness (QED) is 0.294. The van der Waals surface area contributed by atoms with E-state index in [1.165, 1.54) is 20.8 Å². The fourth-order valence-electron chi connectivity index (χ4n) is 2.70. The molecule has 1 aliphatic heterocycles. The minimum absolute atomic E-state index is 0.0345. The Morgan fingerprint density at radius 1 is 0.774 bits per heavy atom. The molecule has 8 nitrogen and oxygen atoms in total. The largest absolute Gasteiger partial charge is 0.454 e. The van der Waals surface area contributed by atoms with E-state index in [1.54, 1.807) is 6.92 Å². The van der Waals surface area contributed by atoms with Gasteiger partial charge in [-0.05, 0) is 39.7 Å². The molecule has 0 N–H and O–H groups in total. The van der Waals surface area contributed by atoms with Crippen molar-refractivity contribution in [2.45, 2.75) is 59.0 Å². The molecule has 1 saturated heterocycles. The third-order valence-electron chi connectivity index (χ3n) is 4.51. The molecule has 1 fully saturated rings. The van der Waals surface area contributed by atoms with Crippen molar-refractivity contribution >= 4 is 23.7 Å². The minimum atomic E-state index is -1.15. The van der Waals surface area contributed by atoms with Crippen molar-refractivity contribution in [3.8, 4) is 0 Å². The summed E-state index contributed by atoms with van der Waals surface area (Å²) in [5, 5.41) is 0. The van der Waals surface area contributed by atoms with Crippen LogP contribution in [0.5, 0.6) is 0 Å². The van der Waals surface area contributed by atoms with Gasteiger partial charge in [-0.25, -0.2) is 14.4 Å². The molecule has 0 aromatic rings. The average Bonchev–Trinajstić information content (AvgIpc) is 2.68. The Labute approximate surface area is 182 Å². The van der Waals surface area contributed by atoms with E-state index in [1.807, 2.05) is 0 Å². The summed E-state index contributed by atoms with van der Waals surface area (Å²) < 4.78 is 21.9. The summed E-state index contributed by atoms with van der Waals surface area (Å²) in [5.41, 5.74) is 0.776. The first kappa shape index (κ1) is 26.0. The maximum absolute atomic E-state index is 12.3. The van der Waals surface area contributed by atoms with Gasteiger partial charge in [-0.1, -0.05) is 26.3 Å². The summed E-state index contributed by atoms with van der Waals surface area (Å²) in [5.74, 6) is -3.13. The van der Waals surface area contributed by atoms with Gasteiger partial charge in [0.1, 0.15) is 0 Å². The molecule has 1 unspecified atom stereocenters.